The maximum atomic E-state index is 11.2. The molecule has 0 radical (unpaired) electrons. The van der Waals surface area contributed by atoms with Gasteiger partial charge in [-0.3, -0.25) is 0 Å². The summed E-state index contributed by atoms with van der Waals surface area (Å²) in [7, 11) is 1.59. The molecule has 3 rings (SSSR count). The van der Waals surface area contributed by atoms with E-state index in [0.717, 1.165) is 16.7 Å². The van der Waals surface area contributed by atoms with Crippen LogP contribution in [0.5, 0.6) is 5.75 Å². The average molecular weight is 218 g/mol. The zero-order valence-electron chi connectivity index (χ0n) is 8.73. The van der Waals surface area contributed by atoms with Gasteiger partial charge in [-0.05, 0) is 18.2 Å². The van der Waals surface area contributed by atoms with Crippen molar-refractivity contribution in [2.75, 3.05) is 7.11 Å². The van der Waals surface area contributed by atoms with Gasteiger partial charge >= 0.3 is 5.63 Å². The summed E-state index contributed by atoms with van der Waals surface area (Å²) in [4.78, 5) is 11.2. The molecule has 1 aliphatic rings. The molecule has 0 N–H and O–H groups in total. The Kier molecular flexibility index (Phi) is 1.97. The summed E-state index contributed by atoms with van der Waals surface area (Å²) in [6.07, 6.45) is 0.321. The molecular formula is C12H10O4. The van der Waals surface area contributed by atoms with Gasteiger partial charge in [-0.1, -0.05) is 0 Å². The molecule has 0 saturated heterocycles. The van der Waals surface area contributed by atoms with Crippen LogP contribution in [0.3, 0.4) is 0 Å². The van der Waals surface area contributed by atoms with Crippen molar-refractivity contribution in [3.05, 3.63) is 40.2 Å². The van der Waals surface area contributed by atoms with Gasteiger partial charge in [-0.2, -0.15) is 0 Å². The SMILES string of the molecule is COC1Cc2c(ccc3ccc(=O)oc23)O1. The molecule has 0 saturated carbocycles. The maximum absolute atomic E-state index is 11.2. The molecule has 2 heterocycles. The second-order valence-electron chi connectivity index (χ2n) is 3.70. The summed E-state index contributed by atoms with van der Waals surface area (Å²) in [5.41, 5.74) is 1.16. The van der Waals surface area contributed by atoms with Gasteiger partial charge in [0, 0.05) is 30.5 Å². The summed E-state index contributed by atoms with van der Waals surface area (Å²) in [5, 5.41) is 0.902. The Bertz CT molecular complexity index is 599. The molecule has 0 spiro atoms. The molecule has 16 heavy (non-hydrogen) atoms. The zero-order valence-corrected chi connectivity index (χ0v) is 8.73. The van der Waals surface area contributed by atoms with Crippen LogP contribution < -0.4 is 10.4 Å². The third-order valence-corrected chi connectivity index (χ3v) is 2.74. The van der Waals surface area contributed by atoms with Crippen LogP contribution in [0.25, 0.3) is 11.0 Å². The van der Waals surface area contributed by atoms with E-state index in [1.54, 1.807) is 13.2 Å². The van der Waals surface area contributed by atoms with Crippen LogP contribution in [0.2, 0.25) is 0 Å². The van der Waals surface area contributed by atoms with Crippen LogP contribution in [0, 0.1) is 0 Å². The molecule has 1 aromatic heterocycles. The van der Waals surface area contributed by atoms with Gasteiger partial charge in [-0.25, -0.2) is 4.79 Å². The lowest BCUT2D eigenvalue weighted by molar-refractivity contribution is -0.0367. The summed E-state index contributed by atoms with van der Waals surface area (Å²) >= 11 is 0. The van der Waals surface area contributed by atoms with Crippen molar-refractivity contribution in [1.29, 1.82) is 0 Å². The summed E-state index contributed by atoms with van der Waals surface area (Å²) < 4.78 is 15.9. The first kappa shape index (κ1) is 9.42. The Labute approximate surface area is 91.4 Å². The lowest BCUT2D eigenvalue weighted by Crippen LogP contribution is -2.14. The van der Waals surface area contributed by atoms with Crippen LogP contribution in [0.15, 0.2) is 33.5 Å². The van der Waals surface area contributed by atoms with Crippen molar-refractivity contribution >= 4 is 11.0 Å². The predicted octanol–water partition coefficient (Wildman–Crippen LogP) is 1.70. The van der Waals surface area contributed by atoms with E-state index < -0.39 is 0 Å². The maximum Gasteiger partial charge on any atom is 0.336 e. The number of benzene rings is 1. The lowest BCUT2D eigenvalue weighted by atomic mass is 10.1. The fraction of sp³-hybridized carbons (Fsp3) is 0.250. The van der Waals surface area contributed by atoms with Crippen molar-refractivity contribution in [3.8, 4) is 5.75 Å². The Morgan fingerprint density at radius 1 is 1.31 bits per heavy atom. The molecule has 0 aliphatic carbocycles. The molecule has 1 aliphatic heterocycles. The van der Waals surface area contributed by atoms with Crippen molar-refractivity contribution in [1.82, 2.24) is 0 Å². The molecule has 0 amide bonds. The Balaban J connectivity index is 2.26. The summed E-state index contributed by atoms with van der Waals surface area (Å²) in [5.74, 6) is 0.730. The fourth-order valence-electron chi connectivity index (χ4n) is 1.96. The van der Waals surface area contributed by atoms with Crippen LogP contribution in [-0.2, 0) is 11.2 Å². The highest BCUT2D eigenvalue weighted by atomic mass is 16.7. The predicted molar refractivity (Wildman–Crippen MR) is 57.6 cm³/mol. The van der Waals surface area contributed by atoms with E-state index in [1.165, 1.54) is 6.07 Å². The third kappa shape index (κ3) is 1.31. The van der Waals surface area contributed by atoms with E-state index in [2.05, 4.69) is 0 Å². The van der Waals surface area contributed by atoms with Crippen LogP contribution in [0.4, 0.5) is 0 Å². The second kappa shape index (κ2) is 3.35. The first-order valence-corrected chi connectivity index (χ1v) is 5.03. The molecule has 1 atom stereocenters. The quantitative estimate of drug-likeness (QED) is 0.683. The Morgan fingerprint density at radius 3 is 2.94 bits per heavy atom. The Hall–Kier alpha value is -1.81. The minimum Gasteiger partial charge on any atom is -0.464 e. The van der Waals surface area contributed by atoms with Gasteiger partial charge in [-0.15, -0.1) is 0 Å². The van der Waals surface area contributed by atoms with Crippen molar-refractivity contribution in [3.63, 3.8) is 0 Å². The molecule has 0 fully saturated rings. The molecule has 0 bridgehead atoms. The van der Waals surface area contributed by atoms with Gasteiger partial charge in [0.15, 0.2) is 0 Å². The van der Waals surface area contributed by atoms with Gasteiger partial charge in [0.25, 0.3) is 0 Å². The second-order valence-corrected chi connectivity index (χ2v) is 3.70. The minimum absolute atomic E-state index is 0.286. The van der Waals surface area contributed by atoms with Crippen molar-refractivity contribution in [2.24, 2.45) is 0 Å². The molecule has 1 aromatic carbocycles. The van der Waals surface area contributed by atoms with E-state index in [-0.39, 0.29) is 11.9 Å². The van der Waals surface area contributed by atoms with E-state index in [1.807, 2.05) is 12.1 Å². The molecule has 1 unspecified atom stereocenters. The molecule has 4 nitrogen and oxygen atoms in total. The minimum atomic E-state index is -0.346. The number of rotatable bonds is 1. The normalized spacial score (nSPS) is 18.4. The smallest absolute Gasteiger partial charge is 0.336 e. The topological polar surface area (TPSA) is 48.7 Å². The average Bonchev–Trinajstić information content (AvgIpc) is 2.72. The first-order valence-electron chi connectivity index (χ1n) is 5.03. The van der Waals surface area contributed by atoms with E-state index >= 15 is 0 Å². The van der Waals surface area contributed by atoms with Gasteiger partial charge in [0.05, 0.1) is 0 Å². The number of ether oxygens (including phenoxy) is 2. The number of hydrogen-bond donors (Lipinski definition) is 0. The Morgan fingerprint density at radius 2 is 2.12 bits per heavy atom. The largest absolute Gasteiger partial charge is 0.464 e. The summed E-state index contributed by atoms with van der Waals surface area (Å²) in [6.45, 7) is 0. The molecular weight excluding hydrogens is 208 g/mol. The van der Waals surface area contributed by atoms with Gasteiger partial charge < -0.3 is 13.9 Å². The van der Waals surface area contributed by atoms with E-state index in [4.69, 9.17) is 13.9 Å². The fourth-order valence-corrected chi connectivity index (χ4v) is 1.96. The lowest BCUT2D eigenvalue weighted by Gasteiger charge is -2.06. The number of fused-ring (bicyclic) bond motifs is 3. The highest BCUT2D eigenvalue weighted by Crippen LogP contribution is 2.34. The molecule has 2 aromatic rings. The first-order chi connectivity index (χ1) is 7.78. The van der Waals surface area contributed by atoms with E-state index in [9.17, 15) is 4.79 Å². The highest BCUT2D eigenvalue weighted by Gasteiger charge is 2.25. The molecule has 82 valence electrons. The van der Waals surface area contributed by atoms with Crippen LogP contribution in [-0.4, -0.2) is 13.4 Å². The zero-order chi connectivity index (χ0) is 11.1. The third-order valence-electron chi connectivity index (χ3n) is 2.74. The van der Waals surface area contributed by atoms with E-state index in [0.29, 0.717) is 12.0 Å². The summed E-state index contributed by atoms with van der Waals surface area (Å²) in [6, 6.07) is 6.91. The van der Waals surface area contributed by atoms with Crippen LogP contribution >= 0.6 is 0 Å². The number of hydrogen-bond acceptors (Lipinski definition) is 4. The van der Waals surface area contributed by atoms with Gasteiger partial charge in [0.2, 0.25) is 6.29 Å². The highest BCUT2D eigenvalue weighted by molar-refractivity contribution is 5.82. The number of methoxy groups -OCH3 is 1. The van der Waals surface area contributed by atoms with Crippen LogP contribution in [0.1, 0.15) is 5.56 Å². The standard InChI is InChI=1S/C12H10O4/c1-14-11-6-8-9(15-11)4-2-7-3-5-10(13)16-12(7)8/h2-5,11H,6H2,1H3. The molecule has 4 heteroatoms. The van der Waals surface area contributed by atoms with Crippen molar-refractivity contribution in [2.45, 2.75) is 12.7 Å². The van der Waals surface area contributed by atoms with Gasteiger partial charge in [0.1, 0.15) is 11.3 Å². The van der Waals surface area contributed by atoms with Crippen molar-refractivity contribution < 1.29 is 13.9 Å². The monoisotopic (exact) mass is 218 g/mol.